The Hall–Kier alpha value is -3.61. The first-order chi connectivity index (χ1) is 13.8. The van der Waals surface area contributed by atoms with Crippen LogP contribution in [0.2, 0.25) is 0 Å². The summed E-state index contributed by atoms with van der Waals surface area (Å²) in [5.74, 6) is -5.57. The van der Waals surface area contributed by atoms with Crippen molar-refractivity contribution in [2.75, 3.05) is 10.6 Å². The van der Waals surface area contributed by atoms with E-state index in [2.05, 4.69) is 10.6 Å². The van der Waals surface area contributed by atoms with Crippen LogP contribution in [0.4, 0.5) is 24.5 Å². The van der Waals surface area contributed by atoms with Gasteiger partial charge in [0.1, 0.15) is 0 Å². The zero-order valence-corrected chi connectivity index (χ0v) is 15.6. The molecule has 0 radical (unpaired) electrons. The van der Waals surface area contributed by atoms with Crippen molar-refractivity contribution in [3.05, 3.63) is 94.3 Å². The molecule has 0 saturated carbocycles. The van der Waals surface area contributed by atoms with Crippen LogP contribution in [0.1, 0.15) is 31.8 Å². The molecule has 0 aliphatic carbocycles. The minimum atomic E-state index is -1.67. The SMILES string of the molecule is Cc1ccc(NC(=O)c2ccc(C(=O)Nc3ccc(F)c(F)c3F)cc2)c(C)c1. The van der Waals surface area contributed by atoms with E-state index in [-0.39, 0.29) is 11.5 Å². The highest BCUT2D eigenvalue weighted by Gasteiger charge is 2.16. The predicted octanol–water partition coefficient (Wildman–Crippen LogP) is 5.23. The molecule has 3 rings (SSSR count). The highest BCUT2D eigenvalue weighted by molar-refractivity contribution is 6.07. The van der Waals surface area contributed by atoms with Crippen molar-refractivity contribution in [2.24, 2.45) is 0 Å². The van der Waals surface area contributed by atoms with Gasteiger partial charge in [-0.05, 0) is 61.9 Å². The van der Waals surface area contributed by atoms with Gasteiger partial charge in [-0.15, -0.1) is 0 Å². The third-order valence-corrected chi connectivity index (χ3v) is 4.32. The van der Waals surface area contributed by atoms with E-state index in [1.165, 1.54) is 24.3 Å². The second-order valence-corrected chi connectivity index (χ2v) is 6.53. The molecule has 0 bridgehead atoms. The topological polar surface area (TPSA) is 58.2 Å². The van der Waals surface area contributed by atoms with E-state index in [1.807, 2.05) is 26.0 Å². The second-order valence-electron chi connectivity index (χ2n) is 6.53. The Balaban J connectivity index is 1.71. The van der Waals surface area contributed by atoms with Crippen LogP contribution in [0.3, 0.4) is 0 Å². The molecule has 29 heavy (non-hydrogen) atoms. The molecule has 0 aliphatic heterocycles. The molecule has 0 atom stereocenters. The Labute approximate surface area is 165 Å². The molecule has 0 heterocycles. The monoisotopic (exact) mass is 398 g/mol. The van der Waals surface area contributed by atoms with Crippen LogP contribution >= 0.6 is 0 Å². The fourth-order valence-corrected chi connectivity index (χ4v) is 2.74. The van der Waals surface area contributed by atoms with Gasteiger partial charge in [-0.3, -0.25) is 9.59 Å². The zero-order valence-electron chi connectivity index (χ0n) is 15.6. The van der Waals surface area contributed by atoms with Gasteiger partial charge < -0.3 is 10.6 Å². The first kappa shape index (κ1) is 20.1. The summed E-state index contributed by atoms with van der Waals surface area (Å²) < 4.78 is 39.9. The van der Waals surface area contributed by atoms with E-state index in [0.29, 0.717) is 17.3 Å². The lowest BCUT2D eigenvalue weighted by molar-refractivity contribution is 0.101. The van der Waals surface area contributed by atoms with E-state index in [9.17, 15) is 22.8 Å². The molecule has 0 fully saturated rings. The lowest BCUT2D eigenvalue weighted by atomic mass is 10.1. The van der Waals surface area contributed by atoms with Crippen molar-refractivity contribution in [3.63, 3.8) is 0 Å². The molecule has 148 valence electrons. The third kappa shape index (κ3) is 4.45. The van der Waals surface area contributed by atoms with Crippen LogP contribution in [0.5, 0.6) is 0 Å². The fourth-order valence-electron chi connectivity index (χ4n) is 2.74. The summed E-state index contributed by atoms with van der Waals surface area (Å²) in [4.78, 5) is 24.6. The van der Waals surface area contributed by atoms with Crippen LogP contribution in [0.15, 0.2) is 54.6 Å². The van der Waals surface area contributed by atoms with Gasteiger partial charge in [0.25, 0.3) is 11.8 Å². The molecule has 3 aromatic rings. The minimum Gasteiger partial charge on any atom is -0.322 e. The van der Waals surface area contributed by atoms with Gasteiger partial charge in [0.05, 0.1) is 5.69 Å². The summed E-state index contributed by atoms with van der Waals surface area (Å²) in [6.45, 7) is 3.84. The Kier molecular flexibility index (Phi) is 5.68. The number of carbonyl (C=O) groups excluding carboxylic acids is 2. The van der Waals surface area contributed by atoms with Crippen LogP contribution in [0, 0.1) is 31.3 Å². The van der Waals surface area contributed by atoms with Gasteiger partial charge in [0.15, 0.2) is 17.5 Å². The number of nitrogens with one attached hydrogen (secondary N) is 2. The summed E-state index contributed by atoms with van der Waals surface area (Å²) >= 11 is 0. The number of amides is 2. The maximum atomic E-state index is 13.7. The summed E-state index contributed by atoms with van der Waals surface area (Å²) in [6, 6.07) is 12.9. The number of rotatable bonds is 4. The molecular formula is C22H17F3N2O2. The quantitative estimate of drug-likeness (QED) is 0.592. The van der Waals surface area contributed by atoms with Crippen molar-refractivity contribution >= 4 is 23.2 Å². The average molecular weight is 398 g/mol. The van der Waals surface area contributed by atoms with E-state index in [1.54, 1.807) is 6.07 Å². The minimum absolute atomic E-state index is 0.122. The van der Waals surface area contributed by atoms with Crippen LogP contribution in [-0.4, -0.2) is 11.8 Å². The number of carbonyl (C=O) groups is 2. The lowest BCUT2D eigenvalue weighted by Gasteiger charge is -2.10. The smallest absolute Gasteiger partial charge is 0.255 e. The standard InChI is InChI=1S/C22H17F3N2O2/c1-12-3-9-17(13(2)11-12)26-21(28)14-4-6-15(7-5-14)22(29)27-18-10-8-16(23)19(24)20(18)25/h3-11H,1-2H3,(H,26,28)(H,27,29). The van der Waals surface area contributed by atoms with E-state index in [0.717, 1.165) is 17.2 Å². The molecule has 0 aromatic heterocycles. The molecule has 0 unspecified atom stereocenters. The molecule has 4 nitrogen and oxygen atoms in total. The van der Waals surface area contributed by atoms with Gasteiger partial charge in [-0.2, -0.15) is 0 Å². The normalized spacial score (nSPS) is 10.5. The Bertz CT molecular complexity index is 1100. The van der Waals surface area contributed by atoms with Crippen molar-refractivity contribution in [2.45, 2.75) is 13.8 Å². The molecule has 0 aliphatic rings. The third-order valence-electron chi connectivity index (χ3n) is 4.32. The largest absolute Gasteiger partial charge is 0.322 e. The van der Waals surface area contributed by atoms with Gasteiger partial charge >= 0.3 is 0 Å². The molecular weight excluding hydrogens is 381 g/mol. The predicted molar refractivity (Wildman–Crippen MR) is 105 cm³/mol. The second kappa shape index (κ2) is 8.18. The van der Waals surface area contributed by atoms with Gasteiger partial charge in [-0.25, -0.2) is 13.2 Å². The van der Waals surface area contributed by atoms with Crippen LogP contribution < -0.4 is 10.6 Å². The van der Waals surface area contributed by atoms with Crippen molar-refractivity contribution in [3.8, 4) is 0 Å². The maximum Gasteiger partial charge on any atom is 0.255 e. The molecule has 0 spiro atoms. The van der Waals surface area contributed by atoms with E-state index >= 15 is 0 Å². The molecule has 2 amide bonds. The van der Waals surface area contributed by atoms with Gasteiger partial charge in [-0.1, -0.05) is 17.7 Å². The Morgan fingerprint density at radius 2 is 1.21 bits per heavy atom. The number of aryl methyl sites for hydroxylation is 2. The number of hydrogen-bond donors (Lipinski definition) is 2. The number of anilines is 2. The Morgan fingerprint density at radius 3 is 1.76 bits per heavy atom. The molecule has 3 aromatic carbocycles. The number of benzene rings is 3. The first-order valence-electron chi connectivity index (χ1n) is 8.70. The summed E-state index contributed by atoms with van der Waals surface area (Å²) in [7, 11) is 0. The lowest BCUT2D eigenvalue weighted by Crippen LogP contribution is -2.15. The molecule has 7 heteroatoms. The van der Waals surface area contributed by atoms with E-state index < -0.39 is 29.0 Å². The van der Waals surface area contributed by atoms with Crippen LogP contribution in [0.25, 0.3) is 0 Å². The van der Waals surface area contributed by atoms with Crippen molar-refractivity contribution < 1.29 is 22.8 Å². The summed E-state index contributed by atoms with van der Waals surface area (Å²) in [6.07, 6.45) is 0. The first-order valence-corrected chi connectivity index (χ1v) is 8.70. The van der Waals surface area contributed by atoms with Crippen molar-refractivity contribution in [1.82, 2.24) is 0 Å². The average Bonchev–Trinajstić information content (AvgIpc) is 2.70. The van der Waals surface area contributed by atoms with Crippen LogP contribution in [-0.2, 0) is 0 Å². The Morgan fingerprint density at radius 1 is 0.690 bits per heavy atom. The molecule has 0 saturated heterocycles. The maximum absolute atomic E-state index is 13.7. The van der Waals surface area contributed by atoms with E-state index in [4.69, 9.17) is 0 Å². The summed E-state index contributed by atoms with van der Waals surface area (Å²) in [5.41, 5.74) is 2.63. The highest BCUT2D eigenvalue weighted by atomic mass is 19.2. The number of hydrogen-bond acceptors (Lipinski definition) is 2. The fraction of sp³-hybridized carbons (Fsp3) is 0.0909. The van der Waals surface area contributed by atoms with Crippen molar-refractivity contribution in [1.29, 1.82) is 0 Å². The highest BCUT2D eigenvalue weighted by Crippen LogP contribution is 2.21. The molecule has 2 N–H and O–H groups in total. The number of halogens is 3. The van der Waals surface area contributed by atoms with Gasteiger partial charge in [0, 0.05) is 16.8 Å². The van der Waals surface area contributed by atoms with Gasteiger partial charge in [0.2, 0.25) is 0 Å². The summed E-state index contributed by atoms with van der Waals surface area (Å²) in [5, 5.41) is 4.97. The zero-order chi connectivity index (χ0) is 21.1.